The van der Waals surface area contributed by atoms with Crippen molar-refractivity contribution in [2.45, 2.75) is 39.2 Å². The van der Waals surface area contributed by atoms with Crippen LogP contribution in [0.25, 0.3) is 0 Å². The van der Waals surface area contributed by atoms with Crippen molar-refractivity contribution in [2.24, 2.45) is 0 Å². The van der Waals surface area contributed by atoms with E-state index in [1.165, 1.54) is 5.56 Å². The minimum Gasteiger partial charge on any atom is -0.481 e. The Morgan fingerprint density at radius 2 is 2.19 bits per heavy atom. The van der Waals surface area contributed by atoms with Crippen molar-refractivity contribution in [3.8, 4) is 5.88 Å². The molecule has 90 valence electrons. The second kappa shape index (κ2) is 6.48. The van der Waals surface area contributed by atoms with Crippen LogP contribution in [0.3, 0.4) is 0 Å². The van der Waals surface area contributed by atoms with E-state index >= 15 is 0 Å². The summed E-state index contributed by atoms with van der Waals surface area (Å²) in [5, 5.41) is 3.51. The Labute approximate surface area is 98.2 Å². The van der Waals surface area contributed by atoms with Gasteiger partial charge in [0.15, 0.2) is 0 Å². The van der Waals surface area contributed by atoms with E-state index in [9.17, 15) is 0 Å². The first-order valence-corrected chi connectivity index (χ1v) is 5.92. The molecule has 2 atom stereocenters. The molecule has 1 aromatic rings. The number of ether oxygens (including phenoxy) is 1. The molecule has 3 heteroatoms. The molecular weight excluding hydrogens is 200 g/mol. The van der Waals surface area contributed by atoms with E-state index in [1.807, 2.05) is 6.07 Å². The Morgan fingerprint density at radius 1 is 1.44 bits per heavy atom. The topological polar surface area (TPSA) is 34.2 Å². The molecule has 1 heterocycles. The van der Waals surface area contributed by atoms with Gasteiger partial charge in [0.2, 0.25) is 5.88 Å². The Hall–Kier alpha value is -1.09. The highest BCUT2D eigenvalue weighted by Gasteiger charge is 2.14. The molecule has 0 aliphatic carbocycles. The molecule has 0 spiro atoms. The van der Waals surface area contributed by atoms with Crippen molar-refractivity contribution < 1.29 is 4.74 Å². The van der Waals surface area contributed by atoms with E-state index in [2.05, 4.69) is 37.1 Å². The van der Waals surface area contributed by atoms with Crippen LogP contribution in [0.1, 0.15) is 38.7 Å². The molecule has 0 saturated heterocycles. The molecule has 0 bridgehead atoms. The second-order valence-corrected chi connectivity index (χ2v) is 4.16. The van der Waals surface area contributed by atoms with Gasteiger partial charge in [-0.15, -0.1) is 0 Å². The van der Waals surface area contributed by atoms with Crippen LogP contribution in [0.4, 0.5) is 0 Å². The Morgan fingerprint density at radius 3 is 2.81 bits per heavy atom. The fourth-order valence-electron chi connectivity index (χ4n) is 1.66. The van der Waals surface area contributed by atoms with E-state index in [-0.39, 0.29) is 0 Å². The van der Waals surface area contributed by atoms with Crippen molar-refractivity contribution in [2.75, 3.05) is 13.7 Å². The lowest BCUT2D eigenvalue weighted by Gasteiger charge is -2.21. The zero-order chi connectivity index (χ0) is 12.0. The predicted octanol–water partition coefficient (Wildman–Crippen LogP) is 2.58. The summed E-state index contributed by atoms with van der Waals surface area (Å²) in [6.07, 6.45) is 2.97. The van der Waals surface area contributed by atoms with Gasteiger partial charge in [-0.05, 0) is 37.4 Å². The maximum absolute atomic E-state index is 5.13. The number of hydrogen-bond donors (Lipinski definition) is 1. The number of hydrogen-bond acceptors (Lipinski definition) is 3. The molecule has 0 fully saturated rings. The molecule has 3 nitrogen and oxygen atoms in total. The van der Waals surface area contributed by atoms with Gasteiger partial charge < -0.3 is 10.1 Å². The minimum absolute atomic E-state index is 0.462. The molecule has 0 radical (unpaired) electrons. The maximum atomic E-state index is 5.13. The van der Waals surface area contributed by atoms with Crippen LogP contribution in [0.15, 0.2) is 18.3 Å². The zero-order valence-corrected chi connectivity index (χ0v) is 10.7. The Balaban J connectivity index is 2.67. The maximum Gasteiger partial charge on any atom is 0.213 e. The largest absolute Gasteiger partial charge is 0.481 e. The summed E-state index contributed by atoms with van der Waals surface area (Å²) in [7, 11) is 1.65. The normalized spacial score (nSPS) is 14.5. The van der Waals surface area contributed by atoms with Crippen molar-refractivity contribution in [1.82, 2.24) is 10.3 Å². The van der Waals surface area contributed by atoms with Gasteiger partial charge in [0.1, 0.15) is 0 Å². The van der Waals surface area contributed by atoms with Crippen LogP contribution >= 0.6 is 0 Å². The third-order valence-electron chi connectivity index (χ3n) is 2.96. The first kappa shape index (κ1) is 13.0. The highest BCUT2D eigenvalue weighted by atomic mass is 16.5. The Kier molecular flexibility index (Phi) is 5.26. The van der Waals surface area contributed by atoms with Gasteiger partial charge in [-0.2, -0.15) is 0 Å². The summed E-state index contributed by atoms with van der Waals surface area (Å²) >= 11 is 0. The quantitative estimate of drug-likeness (QED) is 0.803. The average molecular weight is 222 g/mol. The van der Waals surface area contributed by atoms with Gasteiger partial charge in [-0.1, -0.05) is 13.8 Å². The van der Waals surface area contributed by atoms with Gasteiger partial charge in [0.25, 0.3) is 0 Å². The number of pyridine rings is 1. The number of nitrogens with zero attached hydrogens (tertiary/aromatic N) is 1. The summed E-state index contributed by atoms with van der Waals surface area (Å²) in [5.74, 6) is 1.15. The zero-order valence-electron chi connectivity index (χ0n) is 10.7. The molecule has 0 saturated carbocycles. The van der Waals surface area contributed by atoms with E-state index in [0.29, 0.717) is 17.8 Å². The third kappa shape index (κ3) is 3.49. The van der Waals surface area contributed by atoms with E-state index < -0.39 is 0 Å². The number of rotatable bonds is 6. The van der Waals surface area contributed by atoms with Crippen molar-refractivity contribution in [1.29, 1.82) is 0 Å². The van der Waals surface area contributed by atoms with Crippen LogP contribution in [0, 0.1) is 0 Å². The monoisotopic (exact) mass is 222 g/mol. The number of nitrogens with one attached hydrogen (secondary N) is 1. The fraction of sp³-hybridized carbons (Fsp3) is 0.615. The lowest BCUT2D eigenvalue weighted by molar-refractivity contribution is 0.395. The van der Waals surface area contributed by atoms with Gasteiger partial charge in [0, 0.05) is 18.3 Å². The van der Waals surface area contributed by atoms with Crippen LogP contribution in [-0.2, 0) is 0 Å². The van der Waals surface area contributed by atoms with E-state index in [0.717, 1.165) is 13.0 Å². The lowest BCUT2D eigenvalue weighted by atomic mass is 9.95. The molecule has 16 heavy (non-hydrogen) atoms. The van der Waals surface area contributed by atoms with Gasteiger partial charge in [0.05, 0.1) is 7.11 Å². The molecule has 1 aromatic heterocycles. The molecule has 1 N–H and O–H groups in total. The molecule has 0 aromatic carbocycles. The van der Waals surface area contributed by atoms with Crippen LogP contribution in [0.5, 0.6) is 5.88 Å². The van der Waals surface area contributed by atoms with Gasteiger partial charge >= 0.3 is 0 Å². The first-order valence-electron chi connectivity index (χ1n) is 5.92. The smallest absolute Gasteiger partial charge is 0.213 e. The van der Waals surface area contributed by atoms with Crippen molar-refractivity contribution in [3.05, 3.63) is 23.9 Å². The second-order valence-electron chi connectivity index (χ2n) is 4.16. The van der Waals surface area contributed by atoms with Gasteiger partial charge in [-0.25, -0.2) is 4.98 Å². The van der Waals surface area contributed by atoms with E-state index in [1.54, 1.807) is 13.3 Å². The number of methoxy groups -OCH3 is 1. The standard InChI is InChI=1S/C13H22N2O/c1-5-7-14-11(3)10(2)12-6-8-15-13(9-12)16-4/h6,8-11,14H,5,7H2,1-4H3. The first-order chi connectivity index (χ1) is 7.69. The molecule has 0 aliphatic rings. The molecule has 0 aliphatic heterocycles. The summed E-state index contributed by atoms with van der Waals surface area (Å²) in [5.41, 5.74) is 1.27. The summed E-state index contributed by atoms with van der Waals surface area (Å²) < 4.78 is 5.13. The fourth-order valence-corrected chi connectivity index (χ4v) is 1.66. The molecule has 2 unspecified atom stereocenters. The minimum atomic E-state index is 0.462. The lowest BCUT2D eigenvalue weighted by Crippen LogP contribution is -2.31. The van der Waals surface area contributed by atoms with E-state index in [4.69, 9.17) is 4.74 Å². The third-order valence-corrected chi connectivity index (χ3v) is 2.96. The Bertz CT molecular complexity index is 315. The average Bonchev–Trinajstić information content (AvgIpc) is 2.35. The highest BCUT2D eigenvalue weighted by molar-refractivity contribution is 5.24. The highest BCUT2D eigenvalue weighted by Crippen LogP contribution is 2.21. The SMILES string of the molecule is CCCNC(C)C(C)c1ccnc(OC)c1. The van der Waals surface area contributed by atoms with Gasteiger partial charge in [-0.3, -0.25) is 0 Å². The van der Waals surface area contributed by atoms with Crippen molar-refractivity contribution >= 4 is 0 Å². The van der Waals surface area contributed by atoms with Crippen LogP contribution < -0.4 is 10.1 Å². The van der Waals surface area contributed by atoms with Crippen molar-refractivity contribution in [3.63, 3.8) is 0 Å². The molecule has 0 amide bonds. The van der Waals surface area contributed by atoms with Crippen LogP contribution in [0.2, 0.25) is 0 Å². The summed E-state index contributed by atoms with van der Waals surface area (Å²) in [6.45, 7) is 7.68. The molecular formula is C13H22N2O. The number of aromatic nitrogens is 1. The summed E-state index contributed by atoms with van der Waals surface area (Å²) in [6, 6.07) is 4.53. The molecule has 1 rings (SSSR count). The summed E-state index contributed by atoms with van der Waals surface area (Å²) in [4.78, 5) is 4.12. The van der Waals surface area contributed by atoms with Crippen LogP contribution in [-0.4, -0.2) is 24.7 Å². The predicted molar refractivity (Wildman–Crippen MR) is 67.0 cm³/mol.